The van der Waals surface area contributed by atoms with Crippen LogP contribution < -0.4 is 5.32 Å². The fourth-order valence-electron chi connectivity index (χ4n) is 1.73. The number of benzene rings is 1. The van der Waals surface area contributed by atoms with E-state index in [0.29, 0.717) is 12.0 Å². The second-order valence-electron chi connectivity index (χ2n) is 4.29. The quantitative estimate of drug-likeness (QED) is 0.772. The Bertz CT molecular complexity index is 724. The summed E-state index contributed by atoms with van der Waals surface area (Å²) in [6.07, 6.45) is 0.324. The molecule has 0 radical (unpaired) electrons. The highest BCUT2D eigenvalue weighted by Gasteiger charge is 2.20. The maximum absolute atomic E-state index is 13.5. The van der Waals surface area contributed by atoms with Gasteiger partial charge in [0.25, 0.3) is 5.91 Å². The predicted molar refractivity (Wildman–Crippen MR) is 86.7 cm³/mol. The molecule has 0 aliphatic carbocycles. The molecule has 0 saturated carbocycles. The molecule has 116 valence electrons. The highest BCUT2D eigenvalue weighted by molar-refractivity contribution is 6.52. The molecule has 0 bridgehead atoms. The number of pyridine rings is 1. The van der Waals surface area contributed by atoms with Gasteiger partial charge in [-0.1, -0.05) is 64.6 Å². The molecule has 1 aromatic heterocycles. The maximum Gasteiger partial charge on any atom is 0.271 e. The lowest BCUT2D eigenvalue weighted by Crippen LogP contribution is -2.27. The third-order valence-corrected chi connectivity index (χ3v) is 4.51. The first-order valence-corrected chi connectivity index (χ1v) is 7.64. The average Bonchev–Trinajstić information content (AvgIpc) is 2.50. The van der Waals surface area contributed by atoms with Crippen LogP contribution in [0.3, 0.4) is 0 Å². The van der Waals surface area contributed by atoms with Gasteiger partial charge in [0.05, 0.1) is 15.1 Å². The van der Waals surface area contributed by atoms with Gasteiger partial charge in [0.1, 0.15) is 16.7 Å². The molecule has 1 amide bonds. The highest BCUT2D eigenvalue weighted by Crippen LogP contribution is 2.35. The fraction of sp³-hybridized carbons (Fsp3) is 0.143. The van der Waals surface area contributed by atoms with Crippen molar-refractivity contribution >= 4 is 52.3 Å². The van der Waals surface area contributed by atoms with Crippen molar-refractivity contribution in [2.45, 2.75) is 6.42 Å². The lowest BCUT2D eigenvalue weighted by Gasteiger charge is -2.09. The Balaban J connectivity index is 2.06. The second kappa shape index (κ2) is 7.47. The van der Waals surface area contributed by atoms with E-state index >= 15 is 0 Å². The number of nitrogens with one attached hydrogen (secondary N) is 1. The SMILES string of the molecule is O=C(NCCc1ccccc1F)c1nc(Cl)c(Cl)c(Cl)c1Cl. The van der Waals surface area contributed by atoms with Crippen molar-refractivity contribution in [1.82, 2.24) is 10.3 Å². The molecule has 0 spiro atoms. The van der Waals surface area contributed by atoms with Gasteiger partial charge in [0.2, 0.25) is 0 Å². The Morgan fingerprint density at radius 3 is 2.45 bits per heavy atom. The molecular formula is C14H9Cl4FN2O. The number of hydrogen-bond donors (Lipinski definition) is 1. The third-order valence-electron chi connectivity index (χ3n) is 2.84. The van der Waals surface area contributed by atoms with E-state index < -0.39 is 5.91 Å². The van der Waals surface area contributed by atoms with E-state index in [-0.39, 0.29) is 38.3 Å². The van der Waals surface area contributed by atoms with E-state index in [0.717, 1.165) is 0 Å². The summed E-state index contributed by atoms with van der Waals surface area (Å²) in [4.78, 5) is 15.9. The van der Waals surface area contributed by atoms with Crippen LogP contribution in [0.2, 0.25) is 20.2 Å². The summed E-state index contributed by atoms with van der Waals surface area (Å²) in [5, 5.41) is 2.32. The van der Waals surface area contributed by atoms with Gasteiger partial charge in [-0.3, -0.25) is 4.79 Å². The average molecular weight is 382 g/mol. The van der Waals surface area contributed by atoms with Crippen molar-refractivity contribution in [3.05, 3.63) is 61.6 Å². The normalized spacial score (nSPS) is 10.6. The van der Waals surface area contributed by atoms with Gasteiger partial charge >= 0.3 is 0 Å². The number of hydrogen-bond acceptors (Lipinski definition) is 2. The number of amides is 1. The van der Waals surface area contributed by atoms with E-state index in [9.17, 15) is 9.18 Å². The number of halogens is 5. The molecule has 8 heteroatoms. The topological polar surface area (TPSA) is 42.0 Å². The lowest BCUT2D eigenvalue weighted by atomic mass is 10.1. The molecule has 0 aliphatic rings. The Labute approximate surface area is 146 Å². The van der Waals surface area contributed by atoms with Crippen molar-refractivity contribution in [3.63, 3.8) is 0 Å². The van der Waals surface area contributed by atoms with E-state index in [1.54, 1.807) is 18.2 Å². The Hall–Kier alpha value is -1.07. The van der Waals surface area contributed by atoms with Crippen LogP contribution in [0.25, 0.3) is 0 Å². The van der Waals surface area contributed by atoms with Gasteiger partial charge in [0, 0.05) is 6.54 Å². The first-order chi connectivity index (χ1) is 10.4. The second-order valence-corrected chi connectivity index (χ2v) is 5.78. The molecule has 1 heterocycles. The van der Waals surface area contributed by atoms with Gasteiger partial charge in [-0.2, -0.15) is 0 Å². The van der Waals surface area contributed by atoms with Crippen molar-refractivity contribution in [2.24, 2.45) is 0 Å². The minimum Gasteiger partial charge on any atom is -0.350 e. The predicted octanol–water partition coefficient (Wildman–Crippen LogP) is 4.81. The molecule has 0 atom stereocenters. The van der Waals surface area contributed by atoms with Crippen LogP contribution in [0.1, 0.15) is 16.1 Å². The van der Waals surface area contributed by atoms with E-state index in [4.69, 9.17) is 46.4 Å². The first-order valence-electron chi connectivity index (χ1n) is 6.13. The Kier molecular flexibility index (Phi) is 5.87. The van der Waals surface area contributed by atoms with E-state index in [2.05, 4.69) is 10.3 Å². The third kappa shape index (κ3) is 3.82. The molecular weight excluding hydrogens is 373 g/mol. The standard InChI is InChI=1S/C14H9Cl4FN2O/c15-9-10(16)12(21-13(18)11(9)17)14(22)20-6-5-7-3-1-2-4-8(7)19/h1-4H,5-6H2,(H,20,22). The lowest BCUT2D eigenvalue weighted by molar-refractivity contribution is 0.0949. The molecule has 0 saturated heterocycles. The van der Waals surface area contributed by atoms with Gasteiger partial charge in [0.15, 0.2) is 0 Å². The van der Waals surface area contributed by atoms with Crippen molar-refractivity contribution < 1.29 is 9.18 Å². The zero-order chi connectivity index (χ0) is 16.3. The highest BCUT2D eigenvalue weighted by atomic mass is 35.5. The first kappa shape index (κ1) is 17.3. The summed E-state index contributed by atoms with van der Waals surface area (Å²) in [6.45, 7) is 0.204. The molecule has 2 aromatic rings. The molecule has 1 N–H and O–H groups in total. The van der Waals surface area contributed by atoms with Crippen LogP contribution in [-0.2, 0) is 6.42 Å². The number of carbonyl (C=O) groups is 1. The summed E-state index contributed by atoms with van der Waals surface area (Å²) < 4.78 is 13.5. The number of aromatic nitrogens is 1. The van der Waals surface area contributed by atoms with Gasteiger partial charge in [-0.05, 0) is 18.1 Å². The van der Waals surface area contributed by atoms with E-state index in [1.807, 2.05) is 0 Å². The fourth-order valence-corrected chi connectivity index (χ4v) is 2.55. The zero-order valence-electron chi connectivity index (χ0n) is 11.0. The number of carbonyl (C=O) groups excluding carboxylic acids is 1. The van der Waals surface area contributed by atoms with Crippen LogP contribution >= 0.6 is 46.4 Å². The smallest absolute Gasteiger partial charge is 0.271 e. The summed E-state index contributed by atoms with van der Waals surface area (Å²) in [7, 11) is 0. The minimum atomic E-state index is -0.568. The zero-order valence-corrected chi connectivity index (χ0v) is 14.0. The number of nitrogens with zero attached hydrogens (tertiary/aromatic N) is 1. The molecule has 3 nitrogen and oxygen atoms in total. The van der Waals surface area contributed by atoms with Crippen molar-refractivity contribution in [3.8, 4) is 0 Å². The molecule has 0 unspecified atom stereocenters. The van der Waals surface area contributed by atoms with Crippen LogP contribution in [0.4, 0.5) is 4.39 Å². The van der Waals surface area contributed by atoms with Gasteiger partial charge in [-0.25, -0.2) is 9.37 Å². The van der Waals surface area contributed by atoms with Crippen molar-refractivity contribution in [1.29, 1.82) is 0 Å². The Morgan fingerprint density at radius 1 is 1.09 bits per heavy atom. The monoisotopic (exact) mass is 380 g/mol. The molecule has 0 fully saturated rings. The van der Waals surface area contributed by atoms with Crippen LogP contribution in [0.5, 0.6) is 0 Å². The summed E-state index contributed by atoms with van der Waals surface area (Å²) in [5.41, 5.74) is 0.364. The van der Waals surface area contributed by atoms with Crippen LogP contribution in [-0.4, -0.2) is 17.4 Å². The van der Waals surface area contributed by atoms with Crippen LogP contribution in [0, 0.1) is 5.82 Å². The summed E-state index contributed by atoms with van der Waals surface area (Å²) in [6, 6.07) is 6.31. The van der Waals surface area contributed by atoms with Gasteiger partial charge in [-0.15, -0.1) is 0 Å². The largest absolute Gasteiger partial charge is 0.350 e. The Morgan fingerprint density at radius 2 is 1.77 bits per heavy atom. The maximum atomic E-state index is 13.5. The summed E-state index contributed by atoms with van der Waals surface area (Å²) >= 11 is 23.3. The van der Waals surface area contributed by atoms with Crippen molar-refractivity contribution in [2.75, 3.05) is 6.54 Å². The molecule has 2 rings (SSSR count). The molecule has 22 heavy (non-hydrogen) atoms. The van der Waals surface area contributed by atoms with Crippen LogP contribution in [0.15, 0.2) is 24.3 Å². The van der Waals surface area contributed by atoms with Gasteiger partial charge < -0.3 is 5.32 Å². The minimum absolute atomic E-state index is 0.0174. The summed E-state index contributed by atoms with van der Waals surface area (Å²) in [5.74, 6) is -0.896. The van der Waals surface area contributed by atoms with E-state index in [1.165, 1.54) is 6.07 Å². The molecule has 0 aliphatic heterocycles. The molecule has 1 aromatic carbocycles. The number of rotatable bonds is 4.